The summed E-state index contributed by atoms with van der Waals surface area (Å²) in [4.78, 5) is 9.12. The Labute approximate surface area is 123 Å². The quantitative estimate of drug-likeness (QED) is 0.689. The molecular weight excluding hydrogens is 248 g/mol. The van der Waals surface area contributed by atoms with Gasteiger partial charge in [0.25, 0.3) is 0 Å². The molecule has 0 saturated heterocycles. The van der Waals surface area contributed by atoms with E-state index in [0.29, 0.717) is 12.5 Å². The van der Waals surface area contributed by atoms with Crippen LogP contribution in [0.2, 0.25) is 0 Å². The average Bonchev–Trinajstić information content (AvgIpc) is 2.49. The molecule has 0 spiro atoms. The van der Waals surface area contributed by atoms with E-state index in [0.717, 1.165) is 30.3 Å². The zero-order chi connectivity index (χ0) is 14.2. The molecule has 0 aliphatic heterocycles. The lowest BCUT2D eigenvalue weighted by Gasteiger charge is -2.27. The maximum absolute atomic E-state index is 5.52. The van der Waals surface area contributed by atoms with Crippen molar-refractivity contribution in [1.82, 2.24) is 9.97 Å². The van der Waals surface area contributed by atoms with Crippen molar-refractivity contribution >= 4 is 0 Å². The third-order valence-corrected chi connectivity index (χ3v) is 4.25. The Morgan fingerprint density at radius 3 is 2.35 bits per heavy atom. The minimum atomic E-state index is 0.578. The molecule has 1 aromatic rings. The summed E-state index contributed by atoms with van der Waals surface area (Å²) in [5, 5.41) is 0. The highest BCUT2D eigenvalue weighted by molar-refractivity contribution is 5.07. The Bertz CT molecular complexity index is 369. The van der Waals surface area contributed by atoms with Gasteiger partial charge in [0.15, 0.2) is 0 Å². The highest BCUT2D eigenvalue weighted by Crippen LogP contribution is 2.35. The SMILES string of the molecule is CCCOCc1cnc([C@H]2CC[C@H](CCC)CC2)nc1. The molecule has 1 aliphatic rings. The summed E-state index contributed by atoms with van der Waals surface area (Å²) in [6, 6.07) is 0. The van der Waals surface area contributed by atoms with Crippen LogP contribution < -0.4 is 0 Å². The van der Waals surface area contributed by atoms with Crippen LogP contribution in [0.25, 0.3) is 0 Å². The van der Waals surface area contributed by atoms with E-state index in [-0.39, 0.29) is 0 Å². The van der Waals surface area contributed by atoms with Gasteiger partial charge in [0, 0.05) is 30.5 Å². The normalized spacial score (nSPS) is 22.9. The van der Waals surface area contributed by atoms with Crippen LogP contribution in [0.5, 0.6) is 0 Å². The molecule has 0 atom stereocenters. The van der Waals surface area contributed by atoms with E-state index < -0.39 is 0 Å². The largest absolute Gasteiger partial charge is 0.377 e. The number of nitrogens with zero attached hydrogens (tertiary/aromatic N) is 2. The number of rotatable bonds is 7. The van der Waals surface area contributed by atoms with Crippen LogP contribution in [0, 0.1) is 5.92 Å². The first-order chi connectivity index (χ1) is 9.83. The molecule has 3 nitrogen and oxygen atoms in total. The molecule has 0 bridgehead atoms. The molecule has 20 heavy (non-hydrogen) atoms. The minimum Gasteiger partial charge on any atom is -0.377 e. The molecule has 0 N–H and O–H groups in total. The third kappa shape index (κ3) is 4.55. The minimum absolute atomic E-state index is 0.578. The Morgan fingerprint density at radius 1 is 1.05 bits per heavy atom. The predicted octanol–water partition coefficient (Wildman–Crippen LogP) is 4.48. The first-order valence-electron chi connectivity index (χ1n) is 8.22. The van der Waals surface area contributed by atoms with Crippen molar-refractivity contribution in [3.8, 4) is 0 Å². The van der Waals surface area contributed by atoms with Crippen molar-refractivity contribution in [2.24, 2.45) is 5.92 Å². The number of aromatic nitrogens is 2. The second-order valence-corrected chi connectivity index (χ2v) is 6.01. The maximum Gasteiger partial charge on any atom is 0.131 e. The molecule has 1 fully saturated rings. The summed E-state index contributed by atoms with van der Waals surface area (Å²) in [7, 11) is 0. The van der Waals surface area contributed by atoms with Gasteiger partial charge < -0.3 is 4.74 Å². The van der Waals surface area contributed by atoms with Gasteiger partial charge in [-0.05, 0) is 38.0 Å². The van der Waals surface area contributed by atoms with Crippen LogP contribution in [0.1, 0.15) is 76.1 Å². The van der Waals surface area contributed by atoms with Gasteiger partial charge in [0.2, 0.25) is 0 Å². The van der Waals surface area contributed by atoms with Crippen molar-refractivity contribution in [3.05, 3.63) is 23.8 Å². The summed E-state index contributed by atoms with van der Waals surface area (Å²) in [6.07, 6.45) is 12.9. The van der Waals surface area contributed by atoms with E-state index in [1.54, 1.807) is 0 Å². The lowest BCUT2D eigenvalue weighted by atomic mass is 9.80. The summed E-state index contributed by atoms with van der Waals surface area (Å²) >= 11 is 0. The Kier molecular flexibility index (Phi) is 6.44. The van der Waals surface area contributed by atoms with E-state index >= 15 is 0 Å². The smallest absolute Gasteiger partial charge is 0.131 e. The lowest BCUT2D eigenvalue weighted by molar-refractivity contribution is 0.121. The van der Waals surface area contributed by atoms with Crippen molar-refractivity contribution < 1.29 is 4.74 Å². The van der Waals surface area contributed by atoms with E-state index in [1.807, 2.05) is 12.4 Å². The van der Waals surface area contributed by atoms with Crippen molar-refractivity contribution in [2.45, 2.75) is 71.3 Å². The third-order valence-electron chi connectivity index (χ3n) is 4.25. The van der Waals surface area contributed by atoms with Crippen LogP contribution >= 0.6 is 0 Å². The monoisotopic (exact) mass is 276 g/mol. The zero-order valence-corrected chi connectivity index (χ0v) is 13.0. The van der Waals surface area contributed by atoms with Crippen molar-refractivity contribution in [2.75, 3.05) is 6.61 Å². The number of hydrogen-bond donors (Lipinski definition) is 0. The fraction of sp³-hybridized carbons (Fsp3) is 0.765. The van der Waals surface area contributed by atoms with Crippen LogP contribution in [-0.2, 0) is 11.3 Å². The predicted molar refractivity (Wildman–Crippen MR) is 81.6 cm³/mol. The first kappa shape index (κ1) is 15.4. The second-order valence-electron chi connectivity index (χ2n) is 6.01. The highest BCUT2D eigenvalue weighted by Gasteiger charge is 2.23. The molecule has 1 saturated carbocycles. The van der Waals surface area contributed by atoms with Gasteiger partial charge in [0.1, 0.15) is 5.82 Å². The molecule has 2 rings (SSSR count). The van der Waals surface area contributed by atoms with E-state index in [1.165, 1.54) is 38.5 Å². The lowest BCUT2D eigenvalue weighted by Crippen LogP contribution is -2.15. The summed E-state index contributed by atoms with van der Waals surface area (Å²) in [5.41, 5.74) is 1.09. The summed E-state index contributed by atoms with van der Waals surface area (Å²) in [6.45, 7) is 5.85. The molecule has 0 unspecified atom stereocenters. The summed E-state index contributed by atoms with van der Waals surface area (Å²) in [5.74, 6) is 2.56. The van der Waals surface area contributed by atoms with Crippen LogP contribution in [0.15, 0.2) is 12.4 Å². The molecule has 112 valence electrons. The van der Waals surface area contributed by atoms with Gasteiger partial charge in [-0.3, -0.25) is 0 Å². The van der Waals surface area contributed by atoms with Crippen LogP contribution in [0.4, 0.5) is 0 Å². The molecule has 1 aromatic heterocycles. The molecular formula is C17H28N2O. The number of hydrogen-bond acceptors (Lipinski definition) is 3. The topological polar surface area (TPSA) is 35.0 Å². The average molecular weight is 276 g/mol. The molecule has 1 heterocycles. The van der Waals surface area contributed by atoms with Gasteiger partial charge in [0.05, 0.1) is 6.61 Å². The molecule has 0 aromatic carbocycles. The van der Waals surface area contributed by atoms with Crippen molar-refractivity contribution in [1.29, 1.82) is 0 Å². The zero-order valence-electron chi connectivity index (χ0n) is 13.0. The van der Waals surface area contributed by atoms with Gasteiger partial charge >= 0.3 is 0 Å². The maximum atomic E-state index is 5.52. The molecule has 1 aliphatic carbocycles. The fourth-order valence-corrected chi connectivity index (χ4v) is 3.10. The highest BCUT2D eigenvalue weighted by atomic mass is 16.5. The van der Waals surface area contributed by atoms with Crippen molar-refractivity contribution in [3.63, 3.8) is 0 Å². The van der Waals surface area contributed by atoms with E-state index in [2.05, 4.69) is 23.8 Å². The Hall–Kier alpha value is -0.960. The summed E-state index contributed by atoms with van der Waals surface area (Å²) < 4.78 is 5.52. The number of ether oxygens (including phenoxy) is 1. The first-order valence-corrected chi connectivity index (χ1v) is 8.22. The molecule has 0 radical (unpaired) electrons. The van der Waals surface area contributed by atoms with Gasteiger partial charge in [-0.25, -0.2) is 9.97 Å². The molecule has 0 amide bonds. The Morgan fingerprint density at radius 2 is 1.75 bits per heavy atom. The van der Waals surface area contributed by atoms with Gasteiger partial charge in [-0.2, -0.15) is 0 Å². The van der Waals surface area contributed by atoms with Crippen LogP contribution in [0.3, 0.4) is 0 Å². The Balaban J connectivity index is 1.81. The standard InChI is InChI=1S/C17H28N2O/c1-3-5-14-6-8-16(9-7-14)17-18-11-15(12-19-17)13-20-10-4-2/h11-12,14,16H,3-10,13H2,1-2H3/t14-,16-. The van der Waals surface area contributed by atoms with Gasteiger partial charge in [-0.15, -0.1) is 0 Å². The fourth-order valence-electron chi connectivity index (χ4n) is 3.10. The second kappa shape index (κ2) is 8.35. The van der Waals surface area contributed by atoms with Crippen LogP contribution in [-0.4, -0.2) is 16.6 Å². The van der Waals surface area contributed by atoms with Gasteiger partial charge in [-0.1, -0.05) is 26.7 Å². The van der Waals surface area contributed by atoms with E-state index in [9.17, 15) is 0 Å². The molecule has 3 heteroatoms. The van der Waals surface area contributed by atoms with E-state index in [4.69, 9.17) is 4.74 Å².